The van der Waals surface area contributed by atoms with Crippen LogP contribution < -0.4 is 19.6 Å². The lowest BCUT2D eigenvalue weighted by Gasteiger charge is -2.26. The van der Waals surface area contributed by atoms with Crippen LogP contribution in [0.4, 0.5) is 0 Å². The molecule has 0 amide bonds. The number of methoxy groups -OCH3 is 1. The Morgan fingerprint density at radius 2 is 1.86 bits per heavy atom. The molecule has 4 aromatic rings. The van der Waals surface area contributed by atoms with Crippen LogP contribution in [-0.4, -0.2) is 24.3 Å². The van der Waals surface area contributed by atoms with Crippen molar-refractivity contribution in [2.75, 3.05) is 13.7 Å². The monoisotopic (exact) mass is 500 g/mol. The minimum atomic E-state index is -0.734. The third-order valence-corrected chi connectivity index (χ3v) is 6.82. The molecule has 0 aliphatic carbocycles. The van der Waals surface area contributed by atoms with Crippen LogP contribution in [0.3, 0.4) is 0 Å². The zero-order valence-electron chi connectivity index (χ0n) is 20.1. The predicted molar refractivity (Wildman–Crippen MR) is 137 cm³/mol. The SMILES string of the molecule is CCOC(=O)C1=C(c2ccccc2)N=c2s/c(=C\c3ccc(C)o3)c(=O)n2[C@@H]1c1ccc(OC)cc1. The molecule has 1 aliphatic heterocycles. The molecule has 1 aliphatic rings. The molecule has 0 fully saturated rings. The average molecular weight is 501 g/mol. The highest BCUT2D eigenvalue weighted by atomic mass is 32.1. The van der Waals surface area contributed by atoms with Gasteiger partial charge >= 0.3 is 5.97 Å². The number of hydrogen-bond donors (Lipinski definition) is 0. The fourth-order valence-electron chi connectivity index (χ4n) is 4.20. The highest BCUT2D eigenvalue weighted by Crippen LogP contribution is 2.35. The van der Waals surface area contributed by atoms with E-state index in [4.69, 9.17) is 18.9 Å². The van der Waals surface area contributed by atoms with Gasteiger partial charge in [0.2, 0.25) is 0 Å². The smallest absolute Gasteiger partial charge is 0.338 e. The summed E-state index contributed by atoms with van der Waals surface area (Å²) in [7, 11) is 1.59. The maximum absolute atomic E-state index is 13.7. The van der Waals surface area contributed by atoms with Crippen LogP contribution in [0.15, 0.2) is 86.5 Å². The molecule has 0 N–H and O–H groups in total. The normalized spacial score (nSPS) is 15.4. The molecule has 0 radical (unpaired) electrons. The van der Waals surface area contributed by atoms with Crippen LogP contribution in [0.5, 0.6) is 5.75 Å². The van der Waals surface area contributed by atoms with Gasteiger partial charge in [0, 0.05) is 11.6 Å². The first-order chi connectivity index (χ1) is 17.5. The van der Waals surface area contributed by atoms with Gasteiger partial charge in [-0.05, 0) is 43.7 Å². The van der Waals surface area contributed by atoms with Crippen molar-refractivity contribution in [3.8, 4) is 5.75 Å². The Hall–Kier alpha value is -4.17. The number of rotatable bonds is 6. The maximum atomic E-state index is 13.7. The number of aryl methyl sites for hydroxylation is 1. The molecule has 7 nitrogen and oxygen atoms in total. The van der Waals surface area contributed by atoms with E-state index in [0.29, 0.717) is 32.1 Å². The molecule has 0 saturated heterocycles. The fourth-order valence-corrected chi connectivity index (χ4v) is 5.18. The molecule has 0 unspecified atom stereocenters. The van der Waals surface area contributed by atoms with E-state index in [2.05, 4.69) is 0 Å². The van der Waals surface area contributed by atoms with Crippen LogP contribution in [0.1, 0.15) is 35.6 Å². The first-order valence-electron chi connectivity index (χ1n) is 11.5. The quantitative estimate of drug-likeness (QED) is 0.376. The van der Waals surface area contributed by atoms with Gasteiger partial charge in [-0.3, -0.25) is 9.36 Å². The first kappa shape index (κ1) is 23.6. The van der Waals surface area contributed by atoms with Crippen LogP contribution in [-0.2, 0) is 9.53 Å². The van der Waals surface area contributed by atoms with Crippen molar-refractivity contribution in [2.45, 2.75) is 19.9 Å². The Bertz CT molecular complexity index is 1630. The number of esters is 1. The highest BCUT2D eigenvalue weighted by Gasteiger charge is 2.35. The van der Waals surface area contributed by atoms with Crippen molar-refractivity contribution >= 4 is 29.1 Å². The molecule has 0 bridgehead atoms. The Labute approximate surface area is 211 Å². The minimum absolute atomic E-state index is 0.196. The molecular formula is C28H24N2O5S. The summed E-state index contributed by atoms with van der Waals surface area (Å²) in [5.41, 5.74) is 2.03. The summed E-state index contributed by atoms with van der Waals surface area (Å²) in [6.07, 6.45) is 1.71. The van der Waals surface area contributed by atoms with Gasteiger partial charge in [0.15, 0.2) is 4.80 Å². The highest BCUT2D eigenvalue weighted by molar-refractivity contribution is 7.07. The van der Waals surface area contributed by atoms with Gasteiger partial charge in [-0.1, -0.05) is 53.8 Å². The number of thiazole rings is 1. The summed E-state index contributed by atoms with van der Waals surface area (Å²) >= 11 is 1.25. The second-order valence-corrected chi connectivity index (χ2v) is 9.16. The molecular weight excluding hydrogens is 476 g/mol. The number of aromatic nitrogens is 1. The van der Waals surface area contributed by atoms with Gasteiger partial charge in [-0.15, -0.1) is 0 Å². The fraction of sp³-hybridized carbons (Fsp3) is 0.179. The Morgan fingerprint density at radius 3 is 2.50 bits per heavy atom. The van der Waals surface area contributed by atoms with Crippen LogP contribution in [0.25, 0.3) is 11.8 Å². The van der Waals surface area contributed by atoms with Crippen LogP contribution >= 0.6 is 11.3 Å². The summed E-state index contributed by atoms with van der Waals surface area (Å²) in [4.78, 5) is 32.5. The predicted octanol–water partition coefficient (Wildman–Crippen LogP) is 3.85. The molecule has 2 aromatic heterocycles. The van der Waals surface area contributed by atoms with Crippen molar-refractivity contribution in [3.05, 3.63) is 115 Å². The van der Waals surface area contributed by atoms with Gasteiger partial charge < -0.3 is 13.9 Å². The topological polar surface area (TPSA) is 83.0 Å². The standard InChI is InChI=1S/C28H24N2O5S/c1-4-34-27(32)23-24(18-8-6-5-7-9-18)29-28-30(25(23)19-11-14-20(33-3)15-12-19)26(31)22(36-28)16-21-13-10-17(2)35-21/h5-16,25H,4H2,1-3H3/b22-16-/t25-/m1/s1. The van der Waals surface area contributed by atoms with Crippen molar-refractivity contribution in [1.82, 2.24) is 4.57 Å². The Balaban J connectivity index is 1.82. The first-order valence-corrected chi connectivity index (χ1v) is 12.3. The van der Waals surface area contributed by atoms with Crippen LogP contribution in [0.2, 0.25) is 0 Å². The molecule has 3 heterocycles. The lowest BCUT2D eigenvalue weighted by Crippen LogP contribution is -2.40. The van der Waals surface area contributed by atoms with Gasteiger partial charge in [0.25, 0.3) is 5.56 Å². The van der Waals surface area contributed by atoms with E-state index < -0.39 is 12.0 Å². The van der Waals surface area contributed by atoms with E-state index in [0.717, 1.165) is 16.9 Å². The number of carbonyl (C=O) groups excluding carboxylic acids is 1. The number of hydrogen-bond acceptors (Lipinski definition) is 7. The van der Waals surface area contributed by atoms with E-state index in [9.17, 15) is 9.59 Å². The summed E-state index contributed by atoms with van der Waals surface area (Å²) in [5.74, 6) is 1.48. The number of furan rings is 1. The van der Waals surface area contributed by atoms with Crippen molar-refractivity contribution in [3.63, 3.8) is 0 Å². The number of nitrogens with zero attached hydrogens (tertiary/aromatic N) is 2. The summed E-state index contributed by atoms with van der Waals surface area (Å²) in [5, 5.41) is 0. The van der Waals surface area contributed by atoms with Crippen molar-refractivity contribution in [2.24, 2.45) is 4.99 Å². The van der Waals surface area contributed by atoms with E-state index in [1.807, 2.05) is 73.7 Å². The lowest BCUT2D eigenvalue weighted by atomic mass is 9.93. The summed E-state index contributed by atoms with van der Waals surface area (Å²) < 4.78 is 18.5. The van der Waals surface area contributed by atoms with E-state index in [1.54, 1.807) is 24.7 Å². The largest absolute Gasteiger partial charge is 0.497 e. The third kappa shape index (κ3) is 4.31. The molecule has 0 saturated carbocycles. The molecule has 1 atom stereocenters. The van der Waals surface area contributed by atoms with Crippen LogP contribution in [0, 0.1) is 6.92 Å². The van der Waals surface area contributed by atoms with Gasteiger partial charge in [0.1, 0.15) is 17.3 Å². The number of carbonyl (C=O) groups is 1. The Morgan fingerprint density at radius 1 is 1.11 bits per heavy atom. The molecule has 182 valence electrons. The van der Waals surface area contributed by atoms with Crippen molar-refractivity contribution < 1.29 is 18.7 Å². The van der Waals surface area contributed by atoms with E-state index in [-0.39, 0.29) is 12.2 Å². The summed E-state index contributed by atoms with van der Waals surface area (Å²) in [6.45, 7) is 3.80. The molecule has 8 heteroatoms. The Kier molecular flexibility index (Phi) is 6.43. The average Bonchev–Trinajstić information content (AvgIpc) is 3.45. The molecule has 0 spiro atoms. The number of ether oxygens (including phenoxy) is 2. The number of benzene rings is 2. The molecule has 2 aromatic carbocycles. The second kappa shape index (κ2) is 9.83. The minimum Gasteiger partial charge on any atom is -0.497 e. The summed E-state index contributed by atoms with van der Waals surface area (Å²) in [6, 6.07) is 19.7. The number of fused-ring (bicyclic) bond motifs is 1. The van der Waals surface area contributed by atoms with E-state index >= 15 is 0 Å². The van der Waals surface area contributed by atoms with E-state index in [1.165, 1.54) is 11.3 Å². The zero-order chi connectivity index (χ0) is 25.2. The maximum Gasteiger partial charge on any atom is 0.338 e. The molecule has 5 rings (SSSR count). The van der Waals surface area contributed by atoms with Crippen molar-refractivity contribution in [1.29, 1.82) is 0 Å². The zero-order valence-corrected chi connectivity index (χ0v) is 20.9. The third-order valence-electron chi connectivity index (χ3n) is 5.84. The second-order valence-electron chi connectivity index (χ2n) is 8.15. The van der Waals surface area contributed by atoms with Gasteiger partial charge in [-0.2, -0.15) is 0 Å². The lowest BCUT2D eigenvalue weighted by molar-refractivity contribution is -0.138. The van der Waals surface area contributed by atoms with Gasteiger partial charge in [0.05, 0.1) is 35.6 Å². The molecule has 36 heavy (non-hydrogen) atoms. The van der Waals surface area contributed by atoms with Gasteiger partial charge in [-0.25, -0.2) is 9.79 Å².